The van der Waals surface area contributed by atoms with Crippen LogP contribution in [0.25, 0.3) is 0 Å². The van der Waals surface area contributed by atoms with E-state index in [1.807, 2.05) is 18.2 Å². The summed E-state index contributed by atoms with van der Waals surface area (Å²) in [7, 11) is 0. The Morgan fingerprint density at radius 1 is 1.28 bits per heavy atom. The van der Waals surface area contributed by atoms with Crippen LogP contribution in [-0.4, -0.2) is 33.9 Å². The van der Waals surface area contributed by atoms with Crippen molar-refractivity contribution < 1.29 is 18.3 Å². The standard InChI is InChI=1S/C19H22F2N6O2/c20-19(21)5-1-2-13(16(19)22)26-14-7-24-15(17(23)28)18(27-14)25-12-4-3-10-8-29-9-11(10)6-12/h3-4,6-7,13,16H,1-2,5,8-9,22H2,(H2,23,28)(H2,25,26,27). The van der Waals surface area contributed by atoms with E-state index in [0.29, 0.717) is 31.7 Å². The number of primary amides is 1. The minimum atomic E-state index is -2.94. The van der Waals surface area contributed by atoms with Gasteiger partial charge in [0.1, 0.15) is 5.82 Å². The number of benzene rings is 1. The molecule has 2 aliphatic rings. The average molecular weight is 404 g/mol. The highest BCUT2D eigenvalue weighted by molar-refractivity contribution is 5.96. The third kappa shape index (κ3) is 3.99. The maximum Gasteiger partial charge on any atom is 0.271 e. The van der Waals surface area contributed by atoms with E-state index in [0.717, 1.165) is 11.1 Å². The summed E-state index contributed by atoms with van der Waals surface area (Å²) in [5.41, 5.74) is 13.9. The number of nitrogens with one attached hydrogen (secondary N) is 2. The monoisotopic (exact) mass is 404 g/mol. The maximum absolute atomic E-state index is 13.9. The Morgan fingerprint density at radius 3 is 2.86 bits per heavy atom. The van der Waals surface area contributed by atoms with Gasteiger partial charge >= 0.3 is 0 Å². The van der Waals surface area contributed by atoms with Crippen molar-refractivity contribution in [2.24, 2.45) is 11.5 Å². The number of alkyl halides is 2. The van der Waals surface area contributed by atoms with E-state index in [9.17, 15) is 13.6 Å². The van der Waals surface area contributed by atoms with Gasteiger partial charge in [-0.2, -0.15) is 0 Å². The summed E-state index contributed by atoms with van der Waals surface area (Å²) in [6.07, 6.45) is 1.91. The topological polar surface area (TPSA) is 128 Å². The van der Waals surface area contributed by atoms with Crippen LogP contribution in [0.4, 0.5) is 26.1 Å². The molecule has 1 amide bonds. The van der Waals surface area contributed by atoms with E-state index in [2.05, 4.69) is 20.6 Å². The van der Waals surface area contributed by atoms with Gasteiger partial charge in [0.05, 0.1) is 25.5 Å². The van der Waals surface area contributed by atoms with Crippen molar-refractivity contribution in [3.63, 3.8) is 0 Å². The molecule has 1 aliphatic heterocycles. The molecular weight excluding hydrogens is 382 g/mol. The van der Waals surface area contributed by atoms with Gasteiger partial charge in [-0.1, -0.05) is 6.07 Å². The minimum Gasteiger partial charge on any atom is -0.372 e. The van der Waals surface area contributed by atoms with Crippen LogP contribution < -0.4 is 22.1 Å². The first-order valence-corrected chi connectivity index (χ1v) is 9.37. The Balaban J connectivity index is 1.58. The summed E-state index contributed by atoms with van der Waals surface area (Å²) in [5.74, 6) is -3.32. The van der Waals surface area contributed by atoms with E-state index >= 15 is 0 Å². The number of anilines is 3. The number of nitrogens with zero attached hydrogens (tertiary/aromatic N) is 2. The fourth-order valence-electron chi connectivity index (χ4n) is 3.66. The lowest BCUT2D eigenvalue weighted by Gasteiger charge is -2.36. The van der Waals surface area contributed by atoms with Crippen molar-refractivity contribution in [2.75, 3.05) is 10.6 Å². The smallest absolute Gasteiger partial charge is 0.271 e. The molecule has 0 spiro atoms. The lowest BCUT2D eigenvalue weighted by Crippen LogP contribution is -2.55. The first kappa shape index (κ1) is 19.5. The van der Waals surface area contributed by atoms with Gasteiger partial charge in [-0.05, 0) is 36.1 Å². The molecule has 0 bridgehead atoms. The normalized spacial score (nSPS) is 22.7. The predicted octanol–water partition coefficient (Wildman–Crippen LogP) is 2.28. The quantitative estimate of drug-likeness (QED) is 0.602. The van der Waals surface area contributed by atoms with Crippen LogP contribution in [0.3, 0.4) is 0 Å². The molecule has 2 aromatic rings. The highest BCUT2D eigenvalue weighted by atomic mass is 19.3. The summed E-state index contributed by atoms with van der Waals surface area (Å²) >= 11 is 0. The van der Waals surface area contributed by atoms with Gasteiger partial charge in [0.25, 0.3) is 11.8 Å². The minimum absolute atomic E-state index is 0.0504. The number of ether oxygens (including phenoxy) is 1. The van der Waals surface area contributed by atoms with E-state index in [4.69, 9.17) is 16.2 Å². The third-order valence-electron chi connectivity index (χ3n) is 5.27. The molecule has 10 heteroatoms. The van der Waals surface area contributed by atoms with Crippen molar-refractivity contribution in [1.29, 1.82) is 0 Å². The van der Waals surface area contributed by atoms with Crippen LogP contribution in [-0.2, 0) is 18.0 Å². The van der Waals surface area contributed by atoms with Gasteiger partial charge in [-0.3, -0.25) is 4.79 Å². The van der Waals surface area contributed by atoms with Crippen LogP contribution in [0.2, 0.25) is 0 Å². The number of halogens is 2. The van der Waals surface area contributed by atoms with E-state index in [-0.39, 0.29) is 23.8 Å². The zero-order chi connectivity index (χ0) is 20.6. The Hall–Kier alpha value is -2.85. The van der Waals surface area contributed by atoms with Crippen molar-refractivity contribution in [2.45, 2.75) is 50.5 Å². The number of fused-ring (bicyclic) bond motifs is 1. The zero-order valence-corrected chi connectivity index (χ0v) is 15.6. The van der Waals surface area contributed by atoms with E-state index in [1.54, 1.807) is 0 Å². The lowest BCUT2D eigenvalue weighted by molar-refractivity contribution is -0.0554. The van der Waals surface area contributed by atoms with Gasteiger partial charge in [-0.25, -0.2) is 18.7 Å². The van der Waals surface area contributed by atoms with Crippen molar-refractivity contribution in [1.82, 2.24) is 9.97 Å². The predicted molar refractivity (Wildman–Crippen MR) is 103 cm³/mol. The molecular formula is C19H22F2N6O2. The number of carbonyl (C=O) groups is 1. The fraction of sp³-hybridized carbons (Fsp3) is 0.421. The van der Waals surface area contributed by atoms with E-state index in [1.165, 1.54) is 6.20 Å². The second kappa shape index (κ2) is 7.53. The average Bonchev–Trinajstić information content (AvgIpc) is 3.13. The number of nitrogens with two attached hydrogens (primary N) is 2. The Bertz CT molecular complexity index is 939. The Morgan fingerprint density at radius 2 is 2.07 bits per heavy atom. The molecule has 0 saturated heterocycles. The molecule has 1 saturated carbocycles. The summed E-state index contributed by atoms with van der Waals surface area (Å²) in [4.78, 5) is 20.2. The van der Waals surface area contributed by atoms with Crippen LogP contribution in [0.15, 0.2) is 24.4 Å². The number of hydrogen-bond donors (Lipinski definition) is 4. The fourth-order valence-corrected chi connectivity index (χ4v) is 3.66. The van der Waals surface area contributed by atoms with Gasteiger partial charge < -0.3 is 26.8 Å². The first-order chi connectivity index (χ1) is 13.8. The van der Waals surface area contributed by atoms with Crippen molar-refractivity contribution in [3.8, 4) is 0 Å². The van der Waals surface area contributed by atoms with E-state index < -0.39 is 23.9 Å². The molecule has 0 radical (unpaired) electrons. The molecule has 1 fully saturated rings. The molecule has 2 atom stereocenters. The number of hydrogen-bond acceptors (Lipinski definition) is 7. The van der Waals surface area contributed by atoms with Gasteiger partial charge in [-0.15, -0.1) is 0 Å². The van der Waals surface area contributed by atoms with Gasteiger partial charge in [0.15, 0.2) is 11.5 Å². The third-order valence-corrected chi connectivity index (χ3v) is 5.27. The molecule has 4 rings (SSSR count). The second-order valence-corrected chi connectivity index (χ2v) is 7.35. The van der Waals surface area contributed by atoms with Crippen molar-refractivity contribution >= 4 is 23.2 Å². The highest BCUT2D eigenvalue weighted by Crippen LogP contribution is 2.34. The van der Waals surface area contributed by atoms with Crippen LogP contribution in [0.5, 0.6) is 0 Å². The first-order valence-electron chi connectivity index (χ1n) is 9.37. The molecule has 29 heavy (non-hydrogen) atoms. The lowest BCUT2D eigenvalue weighted by atomic mass is 9.87. The van der Waals surface area contributed by atoms with Crippen molar-refractivity contribution in [3.05, 3.63) is 41.2 Å². The van der Waals surface area contributed by atoms with Crippen LogP contribution in [0, 0.1) is 0 Å². The number of aromatic nitrogens is 2. The number of amides is 1. The summed E-state index contributed by atoms with van der Waals surface area (Å²) in [5, 5.41) is 5.97. The molecule has 1 aliphatic carbocycles. The van der Waals surface area contributed by atoms with Gasteiger partial charge in [0, 0.05) is 18.2 Å². The van der Waals surface area contributed by atoms with Crippen LogP contribution >= 0.6 is 0 Å². The second-order valence-electron chi connectivity index (χ2n) is 7.35. The Labute approximate surface area is 166 Å². The molecule has 154 valence electrons. The zero-order valence-electron chi connectivity index (χ0n) is 15.6. The largest absolute Gasteiger partial charge is 0.372 e. The molecule has 8 nitrogen and oxygen atoms in total. The molecule has 6 N–H and O–H groups in total. The Kier molecular flexibility index (Phi) is 5.05. The maximum atomic E-state index is 13.9. The molecule has 2 heterocycles. The molecule has 2 unspecified atom stereocenters. The molecule has 1 aromatic heterocycles. The number of rotatable bonds is 5. The summed E-state index contributed by atoms with van der Waals surface area (Å²) in [6.45, 7) is 1.07. The van der Waals surface area contributed by atoms with Gasteiger partial charge in [0.2, 0.25) is 0 Å². The SMILES string of the molecule is NC(=O)c1ncc(NC2CCCC(F)(F)C2N)nc1Nc1ccc2c(c1)COC2. The number of carbonyl (C=O) groups excluding carboxylic acids is 1. The summed E-state index contributed by atoms with van der Waals surface area (Å²) in [6, 6.07) is 3.66. The summed E-state index contributed by atoms with van der Waals surface area (Å²) < 4.78 is 33.2. The van der Waals surface area contributed by atoms with Crippen LogP contribution in [0.1, 0.15) is 40.9 Å². The highest BCUT2D eigenvalue weighted by Gasteiger charge is 2.44. The molecule has 1 aromatic carbocycles.